The van der Waals surface area contributed by atoms with Crippen molar-refractivity contribution in [3.63, 3.8) is 0 Å². The second kappa shape index (κ2) is 11.2. The van der Waals surface area contributed by atoms with E-state index in [1.54, 1.807) is 30.3 Å². The van der Waals surface area contributed by atoms with Crippen LogP contribution in [0.25, 0.3) is 0 Å². The highest BCUT2D eigenvalue weighted by molar-refractivity contribution is 6.29. The van der Waals surface area contributed by atoms with Crippen molar-refractivity contribution in [3.05, 3.63) is 82.6 Å². The molecule has 1 atom stereocenters. The van der Waals surface area contributed by atoms with E-state index >= 15 is 0 Å². The number of aryl methyl sites for hydroxylation is 1. The summed E-state index contributed by atoms with van der Waals surface area (Å²) in [5.74, 6) is 0.399. The zero-order chi connectivity index (χ0) is 29.3. The van der Waals surface area contributed by atoms with Crippen LogP contribution in [0.4, 0.5) is 32.0 Å². The van der Waals surface area contributed by atoms with Crippen molar-refractivity contribution in [2.24, 2.45) is 0 Å². The van der Waals surface area contributed by atoms with E-state index in [0.29, 0.717) is 29.2 Å². The lowest BCUT2D eigenvalue weighted by Crippen LogP contribution is -2.54. The molecule has 0 radical (unpaired) electrons. The van der Waals surface area contributed by atoms with Gasteiger partial charge in [0, 0.05) is 23.5 Å². The number of benzene rings is 2. The molecule has 1 unspecified atom stereocenters. The summed E-state index contributed by atoms with van der Waals surface area (Å²) in [6, 6.07) is 11.8. The van der Waals surface area contributed by atoms with Gasteiger partial charge in [0.05, 0.1) is 20.1 Å². The van der Waals surface area contributed by atoms with Gasteiger partial charge in [-0.05, 0) is 48.2 Å². The van der Waals surface area contributed by atoms with Gasteiger partial charge >= 0.3 is 12.4 Å². The van der Waals surface area contributed by atoms with Crippen LogP contribution in [0.3, 0.4) is 0 Å². The average Bonchev–Trinajstić information content (AvgIpc) is 3.07. The highest BCUT2D eigenvalue weighted by atomic mass is 35.5. The zero-order valence-corrected chi connectivity index (χ0v) is 21.6. The maximum absolute atomic E-state index is 13.6. The molecule has 2 aromatic carbocycles. The third kappa shape index (κ3) is 5.97. The largest absolute Gasteiger partial charge is 0.497 e. The summed E-state index contributed by atoms with van der Waals surface area (Å²) < 4.78 is 92.6. The number of aliphatic hydroxyl groups is 1. The van der Waals surface area contributed by atoms with Gasteiger partial charge < -0.3 is 19.5 Å². The molecule has 0 saturated heterocycles. The van der Waals surface area contributed by atoms with Gasteiger partial charge in [-0.15, -0.1) is 0 Å². The highest BCUT2D eigenvalue weighted by Gasteiger charge is 2.71. The standard InChI is InChI=1S/C27H23ClF6N2O4/c1-39-19-3-2-4-20(13-19)40-21-8-6-17-12-18(25(38,26(29,30)31)27(32,33)34)7-9-22(17)36(15-21)24(37)11-16-5-10-23(28)35-14-16/h2-5,7,9-10,12-14,21,38H,6,8,11,15H2,1H3. The van der Waals surface area contributed by atoms with Crippen LogP contribution in [0.2, 0.25) is 5.15 Å². The van der Waals surface area contributed by atoms with Gasteiger partial charge in [0.15, 0.2) is 0 Å². The Hall–Kier alpha value is -3.51. The number of carbonyl (C=O) groups excluding carboxylic acids is 1. The molecule has 40 heavy (non-hydrogen) atoms. The summed E-state index contributed by atoms with van der Waals surface area (Å²) in [5, 5.41) is 10.1. The number of methoxy groups -OCH3 is 1. The summed E-state index contributed by atoms with van der Waals surface area (Å²) >= 11 is 5.81. The van der Waals surface area contributed by atoms with E-state index in [2.05, 4.69) is 4.98 Å². The predicted molar refractivity (Wildman–Crippen MR) is 133 cm³/mol. The molecule has 1 aromatic heterocycles. The lowest BCUT2D eigenvalue weighted by Gasteiger charge is -2.33. The Morgan fingerprint density at radius 3 is 2.38 bits per heavy atom. The number of pyridine rings is 1. The lowest BCUT2D eigenvalue weighted by atomic mass is 9.89. The molecule has 0 saturated carbocycles. The highest BCUT2D eigenvalue weighted by Crippen LogP contribution is 2.50. The van der Waals surface area contributed by atoms with Crippen LogP contribution >= 0.6 is 11.6 Å². The van der Waals surface area contributed by atoms with Crippen LogP contribution < -0.4 is 14.4 Å². The summed E-state index contributed by atoms with van der Waals surface area (Å²) in [7, 11) is 1.47. The number of nitrogens with zero attached hydrogens (tertiary/aromatic N) is 2. The number of anilines is 1. The van der Waals surface area contributed by atoms with Crippen molar-refractivity contribution in [2.45, 2.75) is 43.3 Å². The van der Waals surface area contributed by atoms with Gasteiger partial charge in [-0.1, -0.05) is 35.9 Å². The number of aromatic nitrogens is 1. The lowest BCUT2D eigenvalue weighted by molar-refractivity contribution is -0.376. The fourth-order valence-corrected chi connectivity index (χ4v) is 4.56. The molecular formula is C27H23ClF6N2O4. The molecule has 6 nitrogen and oxygen atoms in total. The topological polar surface area (TPSA) is 71.9 Å². The molecule has 0 aliphatic carbocycles. The van der Waals surface area contributed by atoms with Gasteiger partial charge in [0.1, 0.15) is 22.8 Å². The molecule has 1 aliphatic heterocycles. The van der Waals surface area contributed by atoms with Gasteiger partial charge in [0.25, 0.3) is 5.60 Å². The minimum atomic E-state index is -6.04. The number of ether oxygens (including phenoxy) is 2. The minimum absolute atomic E-state index is 0.0174. The van der Waals surface area contributed by atoms with E-state index in [9.17, 15) is 36.2 Å². The van der Waals surface area contributed by atoms with Crippen molar-refractivity contribution in [2.75, 3.05) is 18.6 Å². The smallest absolute Gasteiger partial charge is 0.430 e. The van der Waals surface area contributed by atoms with Crippen LogP contribution in [0.1, 0.15) is 23.1 Å². The quantitative estimate of drug-likeness (QED) is 0.281. The fraction of sp³-hybridized carbons (Fsp3) is 0.333. The Balaban J connectivity index is 1.73. The zero-order valence-electron chi connectivity index (χ0n) is 20.9. The van der Waals surface area contributed by atoms with E-state index in [-0.39, 0.29) is 42.2 Å². The van der Waals surface area contributed by atoms with E-state index in [1.165, 1.54) is 24.3 Å². The normalized spacial score (nSPS) is 16.2. The number of hydrogen-bond acceptors (Lipinski definition) is 5. The second-order valence-electron chi connectivity index (χ2n) is 9.18. The first-order chi connectivity index (χ1) is 18.7. The molecule has 1 aliphatic rings. The van der Waals surface area contributed by atoms with Crippen molar-refractivity contribution in [1.29, 1.82) is 0 Å². The summed E-state index contributed by atoms with van der Waals surface area (Å²) in [4.78, 5) is 18.6. The monoisotopic (exact) mass is 588 g/mol. The van der Waals surface area contributed by atoms with Crippen molar-refractivity contribution < 1.29 is 45.7 Å². The number of hydrogen-bond donors (Lipinski definition) is 1. The molecule has 2 heterocycles. The molecule has 1 N–H and O–H groups in total. The van der Waals surface area contributed by atoms with Gasteiger partial charge in [-0.3, -0.25) is 4.79 Å². The Bertz CT molecular complexity index is 1350. The maximum Gasteiger partial charge on any atom is 0.430 e. The summed E-state index contributed by atoms with van der Waals surface area (Å²) in [5.41, 5.74) is -5.87. The Kier molecular flexibility index (Phi) is 8.23. The van der Waals surface area contributed by atoms with Gasteiger partial charge in [0.2, 0.25) is 5.91 Å². The third-order valence-electron chi connectivity index (χ3n) is 6.52. The number of amides is 1. The number of carbonyl (C=O) groups is 1. The van der Waals surface area contributed by atoms with E-state index in [0.717, 1.165) is 6.07 Å². The molecule has 0 spiro atoms. The number of fused-ring (bicyclic) bond motifs is 1. The molecule has 214 valence electrons. The number of halogens is 7. The summed E-state index contributed by atoms with van der Waals surface area (Å²) in [6.07, 6.45) is -11.4. The minimum Gasteiger partial charge on any atom is -0.497 e. The van der Waals surface area contributed by atoms with Crippen LogP contribution in [-0.4, -0.2) is 48.1 Å². The first kappa shape index (κ1) is 29.5. The van der Waals surface area contributed by atoms with Gasteiger partial charge in [-0.2, -0.15) is 26.3 Å². The van der Waals surface area contributed by atoms with Crippen LogP contribution in [0.5, 0.6) is 11.5 Å². The van der Waals surface area contributed by atoms with Crippen molar-refractivity contribution in [3.8, 4) is 11.5 Å². The van der Waals surface area contributed by atoms with Crippen LogP contribution in [0.15, 0.2) is 60.8 Å². The molecular weight excluding hydrogens is 566 g/mol. The maximum atomic E-state index is 13.6. The molecule has 0 bridgehead atoms. The molecule has 3 aromatic rings. The first-order valence-electron chi connectivity index (χ1n) is 11.9. The molecule has 13 heteroatoms. The third-order valence-corrected chi connectivity index (χ3v) is 6.74. The predicted octanol–water partition coefficient (Wildman–Crippen LogP) is 6.03. The molecule has 4 rings (SSSR count). The van der Waals surface area contributed by atoms with Crippen molar-refractivity contribution in [1.82, 2.24) is 4.98 Å². The van der Waals surface area contributed by atoms with Crippen LogP contribution in [0, 0.1) is 0 Å². The van der Waals surface area contributed by atoms with E-state index in [4.69, 9.17) is 21.1 Å². The van der Waals surface area contributed by atoms with Gasteiger partial charge in [-0.25, -0.2) is 4.98 Å². The first-order valence-corrected chi connectivity index (χ1v) is 12.3. The average molecular weight is 589 g/mol. The summed E-state index contributed by atoms with van der Waals surface area (Å²) in [6.45, 7) is -0.0494. The fourth-order valence-electron chi connectivity index (χ4n) is 4.45. The Labute approximate surface area is 230 Å². The SMILES string of the molecule is COc1cccc(OC2CCc3cc(C(O)(C(F)(F)F)C(F)(F)F)ccc3N(C(=O)Cc3ccc(Cl)nc3)C2)c1. The van der Waals surface area contributed by atoms with Crippen LogP contribution in [-0.2, 0) is 23.2 Å². The Morgan fingerprint density at radius 2 is 1.75 bits per heavy atom. The number of alkyl halides is 6. The molecule has 1 amide bonds. The van der Waals surface area contributed by atoms with Crippen molar-refractivity contribution >= 4 is 23.2 Å². The van der Waals surface area contributed by atoms with E-state index in [1.807, 2.05) is 0 Å². The molecule has 0 fully saturated rings. The van der Waals surface area contributed by atoms with E-state index < -0.39 is 35.5 Å². The second-order valence-corrected chi connectivity index (χ2v) is 9.56. The number of rotatable bonds is 6. The Morgan fingerprint density at radius 1 is 1.05 bits per heavy atom.